The van der Waals surface area contributed by atoms with Crippen molar-refractivity contribution in [3.63, 3.8) is 0 Å². The van der Waals surface area contributed by atoms with E-state index in [2.05, 4.69) is 13.0 Å². The Kier molecular flexibility index (Phi) is 2.86. The van der Waals surface area contributed by atoms with Crippen molar-refractivity contribution in [1.29, 1.82) is 0 Å². The summed E-state index contributed by atoms with van der Waals surface area (Å²) in [5, 5.41) is 0. The largest absolute Gasteiger partial charge is 0.300 e. The minimum absolute atomic E-state index is 0.329. The second-order valence-corrected chi connectivity index (χ2v) is 3.30. The van der Waals surface area contributed by atoms with Gasteiger partial charge in [-0.1, -0.05) is 18.6 Å². The molecule has 0 N–H and O–H groups in total. The molecule has 0 fully saturated rings. The van der Waals surface area contributed by atoms with Crippen molar-refractivity contribution >= 4 is 5.78 Å². The molecule has 1 aliphatic carbocycles. The maximum absolute atomic E-state index is 11.0. The molecule has 0 saturated carbocycles. The molecule has 11 heavy (non-hydrogen) atoms. The van der Waals surface area contributed by atoms with Crippen LogP contribution in [-0.4, -0.2) is 5.78 Å². The molecular weight excluding hydrogens is 136 g/mol. The van der Waals surface area contributed by atoms with Gasteiger partial charge in [0, 0.05) is 5.92 Å². The van der Waals surface area contributed by atoms with Gasteiger partial charge in [-0.3, -0.25) is 4.79 Å². The summed E-state index contributed by atoms with van der Waals surface area (Å²) >= 11 is 0. The lowest BCUT2D eigenvalue weighted by Crippen LogP contribution is -2.14. The third-order valence-electron chi connectivity index (χ3n) is 2.49. The molecule has 1 heteroatoms. The summed E-state index contributed by atoms with van der Waals surface area (Å²) in [6.45, 7) is 3.87. The molecule has 0 amide bonds. The van der Waals surface area contributed by atoms with Crippen molar-refractivity contribution in [2.24, 2.45) is 5.92 Å². The van der Waals surface area contributed by atoms with Crippen LogP contribution in [-0.2, 0) is 4.79 Å². The molecule has 1 aliphatic rings. The zero-order valence-corrected chi connectivity index (χ0v) is 7.39. The Labute approximate surface area is 68.5 Å². The van der Waals surface area contributed by atoms with E-state index in [-0.39, 0.29) is 0 Å². The fourth-order valence-corrected chi connectivity index (χ4v) is 1.63. The van der Waals surface area contributed by atoms with Crippen LogP contribution in [0.2, 0.25) is 0 Å². The highest BCUT2D eigenvalue weighted by Gasteiger charge is 2.17. The lowest BCUT2D eigenvalue weighted by molar-refractivity contribution is -0.121. The molecule has 1 unspecified atom stereocenters. The van der Waals surface area contributed by atoms with E-state index < -0.39 is 0 Å². The fourth-order valence-electron chi connectivity index (χ4n) is 1.63. The highest BCUT2D eigenvalue weighted by Crippen LogP contribution is 2.26. The Morgan fingerprint density at radius 1 is 1.73 bits per heavy atom. The highest BCUT2D eigenvalue weighted by atomic mass is 16.1. The lowest BCUT2D eigenvalue weighted by atomic mass is 9.85. The highest BCUT2D eigenvalue weighted by molar-refractivity contribution is 5.78. The van der Waals surface area contributed by atoms with Crippen molar-refractivity contribution in [3.05, 3.63) is 11.6 Å². The summed E-state index contributed by atoms with van der Waals surface area (Å²) in [6.07, 6.45) is 6.60. The number of hydrogen-bond acceptors (Lipinski definition) is 1. The van der Waals surface area contributed by atoms with Gasteiger partial charge in [0.05, 0.1) is 0 Å². The molecule has 1 nitrogen and oxygen atoms in total. The Morgan fingerprint density at radius 2 is 2.45 bits per heavy atom. The van der Waals surface area contributed by atoms with Crippen molar-refractivity contribution in [3.8, 4) is 0 Å². The Balaban J connectivity index is 2.53. The first-order chi connectivity index (χ1) is 5.24. The molecule has 0 radical (unpaired) electrons. The van der Waals surface area contributed by atoms with E-state index in [4.69, 9.17) is 0 Å². The SMILES string of the molecule is CCC1=CCCC(C(C)=O)C1. The molecule has 0 saturated heterocycles. The summed E-state index contributed by atoms with van der Waals surface area (Å²) in [4.78, 5) is 11.0. The van der Waals surface area contributed by atoms with Gasteiger partial charge in [-0.05, 0) is 32.6 Å². The third kappa shape index (κ3) is 2.18. The average molecular weight is 152 g/mol. The van der Waals surface area contributed by atoms with Gasteiger partial charge in [0.1, 0.15) is 5.78 Å². The van der Waals surface area contributed by atoms with Crippen LogP contribution in [0.1, 0.15) is 39.5 Å². The molecule has 1 rings (SSSR count). The fraction of sp³-hybridized carbons (Fsp3) is 0.700. The molecule has 0 bridgehead atoms. The van der Waals surface area contributed by atoms with E-state index in [9.17, 15) is 4.79 Å². The van der Waals surface area contributed by atoms with Gasteiger partial charge in [-0.25, -0.2) is 0 Å². The number of hydrogen-bond donors (Lipinski definition) is 0. The number of Topliss-reactive ketones (excluding diaryl/α,β-unsaturated/α-hetero) is 1. The molecule has 0 aliphatic heterocycles. The van der Waals surface area contributed by atoms with Gasteiger partial charge in [0.25, 0.3) is 0 Å². The van der Waals surface area contributed by atoms with E-state index in [1.54, 1.807) is 6.92 Å². The number of ketones is 1. The summed E-state index contributed by atoms with van der Waals surface area (Å²) in [5.74, 6) is 0.694. The quantitative estimate of drug-likeness (QED) is 0.556. The first-order valence-corrected chi connectivity index (χ1v) is 4.42. The standard InChI is InChI=1S/C10H16O/c1-3-9-5-4-6-10(7-9)8(2)11/h5,10H,3-4,6-7H2,1-2H3. The molecule has 0 spiro atoms. The molecule has 1 atom stereocenters. The van der Waals surface area contributed by atoms with Crippen LogP contribution >= 0.6 is 0 Å². The third-order valence-corrected chi connectivity index (χ3v) is 2.49. The second-order valence-electron chi connectivity index (χ2n) is 3.30. The molecule has 0 aromatic heterocycles. The van der Waals surface area contributed by atoms with Crippen LogP contribution in [0.15, 0.2) is 11.6 Å². The van der Waals surface area contributed by atoms with E-state index in [1.165, 1.54) is 5.57 Å². The van der Waals surface area contributed by atoms with Gasteiger partial charge in [0.15, 0.2) is 0 Å². The Morgan fingerprint density at radius 3 is 3.00 bits per heavy atom. The lowest BCUT2D eigenvalue weighted by Gasteiger charge is -2.19. The van der Waals surface area contributed by atoms with Gasteiger partial charge in [-0.2, -0.15) is 0 Å². The van der Waals surface area contributed by atoms with E-state index >= 15 is 0 Å². The van der Waals surface area contributed by atoms with Crippen molar-refractivity contribution in [2.45, 2.75) is 39.5 Å². The van der Waals surface area contributed by atoms with E-state index in [1.807, 2.05) is 0 Å². The predicted octanol–water partition coefficient (Wildman–Crippen LogP) is 2.71. The summed E-state index contributed by atoms with van der Waals surface area (Å²) in [7, 11) is 0. The molecule has 0 aromatic carbocycles. The van der Waals surface area contributed by atoms with Crippen molar-refractivity contribution in [2.75, 3.05) is 0 Å². The summed E-state index contributed by atoms with van der Waals surface area (Å²) < 4.78 is 0. The van der Waals surface area contributed by atoms with Crippen LogP contribution in [0, 0.1) is 5.92 Å². The average Bonchev–Trinajstić information content (AvgIpc) is 2.05. The number of carbonyl (C=O) groups is 1. The zero-order chi connectivity index (χ0) is 8.27. The first-order valence-electron chi connectivity index (χ1n) is 4.42. The van der Waals surface area contributed by atoms with Crippen molar-refractivity contribution in [1.82, 2.24) is 0 Å². The minimum Gasteiger partial charge on any atom is -0.300 e. The topological polar surface area (TPSA) is 17.1 Å². The molecule has 62 valence electrons. The van der Waals surface area contributed by atoms with Gasteiger partial charge < -0.3 is 0 Å². The van der Waals surface area contributed by atoms with Gasteiger partial charge in [-0.15, -0.1) is 0 Å². The molecule has 0 aromatic rings. The summed E-state index contributed by atoms with van der Waals surface area (Å²) in [6, 6.07) is 0. The molecular formula is C10H16O. The van der Waals surface area contributed by atoms with Crippen LogP contribution in [0.3, 0.4) is 0 Å². The van der Waals surface area contributed by atoms with Crippen LogP contribution in [0.25, 0.3) is 0 Å². The second kappa shape index (κ2) is 3.70. The number of carbonyl (C=O) groups excluding carboxylic acids is 1. The Hall–Kier alpha value is -0.590. The first kappa shape index (κ1) is 8.51. The normalized spacial score (nSPS) is 24.5. The van der Waals surface area contributed by atoms with Crippen LogP contribution in [0.4, 0.5) is 0 Å². The monoisotopic (exact) mass is 152 g/mol. The predicted molar refractivity (Wildman–Crippen MR) is 46.4 cm³/mol. The maximum Gasteiger partial charge on any atom is 0.133 e. The van der Waals surface area contributed by atoms with Gasteiger partial charge >= 0.3 is 0 Å². The van der Waals surface area contributed by atoms with E-state index in [0.29, 0.717) is 11.7 Å². The Bertz CT molecular complexity index is 179. The van der Waals surface area contributed by atoms with Crippen molar-refractivity contribution < 1.29 is 4.79 Å². The number of allylic oxidation sites excluding steroid dienone is 2. The summed E-state index contributed by atoms with van der Waals surface area (Å²) in [5.41, 5.74) is 1.47. The minimum atomic E-state index is 0.329. The molecule has 0 heterocycles. The van der Waals surface area contributed by atoms with E-state index in [0.717, 1.165) is 25.7 Å². The smallest absolute Gasteiger partial charge is 0.133 e. The van der Waals surface area contributed by atoms with Gasteiger partial charge in [0.2, 0.25) is 0 Å². The van der Waals surface area contributed by atoms with Crippen LogP contribution in [0.5, 0.6) is 0 Å². The number of rotatable bonds is 2. The van der Waals surface area contributed by atoms with Crippen LogP contribution < -0.4 is 0 Å². The maximum atomic E-state index is 11.0. The zero-order valence-electron chi connectivity index (χ0n) is 7.39.